The molecular weight excluding hydrogens is 452 g/mol. The minimum Gasteiger partial charge on any atom is -0.490 e. The minimum absolute atomic E-state index is 0.0988. The summed E-state index contributed by atoms with van der Waals surface area (Å²) in [5.74, 6) is -1.11. The molecule has 0 fully saturated rings. The monoisotopic (exact) mass is 472 g/mol. The second-order valence-electron chi connectivity index (χ2n) is 6.38. The molecule has 30 heavy (non-hydrogen) atoms. The summed E-state index contributed by atoms with van der Waals surface area (Å²) in [5, 5.41) is 21.1. The molecule has 0 radical (unpaired) electrons. The fourth-order valence-electron chi connectivity index (χ4n) is 2.55. The number of hydrogen-bond donors (Lipinski definition) is 2. The van der Waals surface area contributed by atoms with Crippen LogP contribution in [0.25, 0.3) is 6.08 Å². The maximum absolute atomic E-state index is 12.6. The number of hydrogen-bond acceptors (Lipinski definition) is 5. The quantitative estimate of drug-likeness (QED) is 0.433. The van der Waals surface area contributed by atoms with Gasteiger partial charge in [0.15, 0.2) is 18.1 Å². The highest BCUT2D eigenvalue weighted by Crippen LogP contribution is 2.35. The van der Waals surface area contributed by atoms with Crippen molar-refractivity contribution in [1.29, 1.82) is 5.26 Å². The Bertz CT molecular complexity index is 1040. The van der Waals surface area contributed by atoms with Crippen molar-refractivity contribution >= 4 is 39.6 Å². The maximum Gasteiger partial charge on any atom is 0.341 e. The fourth-order valence-corrected chi connectivity index (χ4v) is 2.98. The Balaban J connectivity index is 2.36. The first kappa shape index (κ1) is 23.0. The number of amides is 1. The van der Waals surface area contributed by atoms with Crippen molar-refractivity contribution in [2.75, 3.05) is 18.5 Å². The van der Waals surface area contributed by atoms with E-state index in [0.717, 1.165) is 11.1 Å². The van der Waals surface area contributed by atoms with Crippen LogP contribution in [0.1, 0.15) is 23.6 Å². The van der Waals surface area contributed by atoms with Crippen LogP contribution in [0, 0.1) is 25.2 Å². The molecule has 2 aromatic rings. The molecule has 1 amide bonds. The number of benzene rings is 2. The maximum atomic E-state index is 12.6. The highest BCUT2D eigenvalue weighted by atomic mass is 79.9. The van der Waals surface area contributed by atoms with E-state index in [1.54, 1.807) is 13.0 Å². The first-order valence-corrected chi connectivity index (χ1v) is 9.85. The molecule has 0 heterocycles. The molecule has 0 bridgehead atoms. The number of carbonyl (C=O) groups is 2. The summed E-state index contributed by atoms with van der Waals surface area (Å²) in [6.07, 6.45) is 1.42. The highest BCUT2D eigenvalue weighted by Gasteiger charge is 2.15. The van der Waals surface area contributed by atoms with Crippen LogP contribution in [0.2, 0.25) is 0 Å². The molecule has 0 atom stereocenters. The Morgan fingerprint density at radius 1 is 1.20 bits per heavy atom. The van der Waals surface area contributed by atoms with E-state index in [1.807, 2.05) is 38.1 Å². The lowest BCUT2D eigenvalue weighted by Crippen LogP contribution is -2.14. The Morgan fingerprint density at radius 2 is 1.90 bits per heavy atom. The van der Waals surface area contributed by atoms with Crippen molar-refractivity contribution in [2.45, 2.75) is 20.8 Å². The summed E-state index contributed by atoms with van der Waals surface area (Å²) in [6.45, 7) is 5.36. The van der Waals surface area contributed by atoms with E-state index < -0.39 is 18.5 Å². The van der Waals surface area contributed by atoms with Crippen LogP contribution in [0.4, 0.5) is 5.69 Å². The average molecular weight is 473 g/mol. The molecule has 2 aromatic carbocycles. The van der Waals surface area contributed by atoms with Crippen LogP contribution < -0.4 is 14.8 Å². The Kier molecular flexibility index (Phi) is 8.01. The topological polar surface area (TPSA) is 109 Å². The predicted octanol–water partition coefficient (Wildman–Crippen LogP) is 4.47. The molecule has 2 N–H and O–H groups in total. The minimum atomic E-state index is -1.12. The molecule has 0 saturated heterocycles. The van der Waals surface area contributed by atoms with Crippen molar-refractivity contribution < 1.29 is 24.2 Å². The van der Waals surface area contributed by atoms with Gasteiger partial charge in [0.25, 0.3) is 5.91 Å². The number of nitriles is 1. The Labute approximate surface area is 183 Å². The molecule has 0 saturated carbocycles. The summed E-state index contributed by atoms with van der Waals surface area (Å²) in [6, 6.07) is 10.7. The smallest absolute Gasteiger partial charge is 0.341 e. The van der Waals surface area contributed by atoms with Crippen LogP contribution in [-0.2, 0) is 9.59 Å². The molecule has 0 aliphatic rings. The van der Waals surface area contributed by atoms with E-state index in [2.05, 4.69) is 21.2 Å². The SMILES string of the molecule is CCOc1cc(/C=C(\C#N)C(=O)Nc2cc(C)ccc2C)c(Br)cc1OCC(=O)O. The van der Waals surface area contributed by atoms with Crippen molar-refractivity contribution in [3.63, 3.8) is 0 Å². The van der Waals surface area contributed by atoms with Gasteiger partial charge in [0, 0.05) is 10.2 Å². The summed E-state index contributed by atoms with van der Waals surface area (Å²) in [7, 11) is 0. The van der Waals surface area contributed by atoms with Crippen LogP contribution in [0.5, 0.6) is 11.5 Å². The molecule has 0 unspecified atom stereocenters. The number of nitrogens with one attached hydrogen (secondary N) is 1. The van der Waals surface area contributed by atoms with Crippen molar-refractivity contribution in [2.24, 2.45) is 0 Å². The van der Waals surface area contributed by atoms with Gasteiger partial charge in [0.05, 0.1) is 6.61 Å². The first-order valence-electron chi connectivity index (χ1n) is 9.06. The van der Waals surface area contributed by atoms with Gasteiger partial charge in [-0.05, 0) is 61.7 Å². The number of carboxylic acids is 1. The highest BCUT2D eigenvalue weighted by molar-refractivity contribution is 9.10. The summed E-state index contributed by atoms with van der Waals surface area (Å²) < 4.78 is 11.3. The van der Waals surface area contributed by atoms with Gasteiger partial charge in [0.1, 0.15) is 11.6 Å². The lowest BCUT2D eigenvalue weighted by atomic mass is 10.1. The molecule has 0 aliphatic heterocycles. The van der Waals surface area contributed by atoms with Crippen LogP contribution in [0.3, 0.4) is 0 Å². The second kappa shape index (κ2) is 10.5. The van der Waals surface area contributed by atoms with Gasteiger partial charge < -0.3 is 19.9 Å². The normalized spacial score (nSPS) is 10.8. The molecule has 2 rings (SSSR count). The van der Waals surface area contributed by atoms with E-state index >= 15 is 0 Å². The Morgan fingerprint density at radius 3 is 2.53 bits per heavy atom. The molecular formula is C22H21BrN2O5. The van der Waals surface area contributed by atoms with Crippen LogP contribution in [0.15, 0.2) is 40.4 Å². The third-order valence-corrected chi connectivity index (χ3v) is 4.71. The van der Waals surface area contributed by atoms with E-state index in [4.69, 9.17) is 14.6 Å². The number of carboxylic acid groups (broad SMARTS) is 1. The predicted molar refractivity (Wildman–Crippen MR) is 117 cm³/mol. The van der Waals surface area contributed by atoms with Gasteiger partial charge in [-0.2, -0.15) is 5.26 Å². The summed E-state index contributed by atoms with van der Waals surface area (Å²) >= 11 is 3.37. The standard InChI is InChI=1S/C22H21BrN2O5/c1-4-29-19-9-15(17(23)10-20(19)30-12-21(26)27)8-16(11-24)22(28)25-18-7-13(2)5-6-14(18)3/h5-10H,4,12H2,1-3H3,(H,25,28)(H,26,27)/b16-8+. The number of aliphatic carboxylic acids is 1. The van der Waals surface area contributed by atoms with Crippen molar-refractivity contribution in [3.05, 3.63) is 57.1 Å². The fraction of sp³-hybridized carbons (Fsp3) is 0.227. The average Bonchev–Trinajstić information content (AvgIpc) is 2.69. The third-order valence-electron chi connectivity index (χ3n) is 4.02. The lowest BCUT2D eigenvalue weighted by Gasteiger charge is -2.13. The van der Waals surface area contributed by atoms with E-state index in [1.165, 1.54) is 12.1 Å². The third kappa shape index (κ3) is 6.09. The molecule has 8 heteroatoms. The van der Waals surface area contributed by atoms with Gasteiger partial charge in [-0.3, -0.25) is 4.79 Å². The second-order valence-corrected chi connectivity index (χ2v) is 7.23. The zero-order chi connectivity index (χ0) is 22.3. The number of nitrogens with zero attached hydrogens (tertiary/aromatic N) is 1. The van der Waals surface area contributed by atoms with Crippen molar-refractivity contribution in [3.8, 4) is 17.6 Å². The molecule has 0 spiro atoms. The van der Waals surface area contributed by atoms with E-state index in [9.17, 15) is 14.9 Å². The van der Waals surface area contributed by atoms with Crippen LogP contribution in [-0.4, -0.2) is 30.2 Å². The number of aryl methyl sites for hydroxylation is 2. The number of halogens is 1. The number of carbonyl (C=O) groups excluding carboxylic acids is 1. The van der Waals surface area contributed by atoms with E-state index in [0.29, 0.717) is 28.1 Å². The number of ether oxygens (including phenoxy) is 2. The molecule has 7 nitrogen and oxygen atoms in total. The zero-order valence-electron chi connectivity index (χ0n) is 16.8. The number of rotatable bonds is 8. The van der Waals surface area contributed by atoms with Crippen LogP contribution >= 0.6 is 15.9 Å². The molecule has 0 aromatic heterocycles. The lowest BCUT2D eigenvalue weighted by molar-refractivity contribution is -0.139. The van der Waals surface area contributed by atoms with Gasteiger partial charge in [-0.25, -0.2) is 4.79 Å². The molecule has 0 aliphatic carbocycles. The number of anilines is 1. The largest absolute Gasteiger partial charge is 0.490 e. The van der Waals surface area contributed by atoms with Gasteiger partial charge >= 0.3 is 5.97 Å². The van der Waals surface area contributed by atoms with Gasteiger partial charge in [0.2, 0.25) is 0 Å². The summed E-state index contributed by atoms with van der Waals surface area (Å²) in [5.41, 5.74) is 2.91. The Hall–Kier alpha value is -3.31. The van der Waals surface area contributed by atoms with Crippen molar-refractivity contribution in [1.82, 2.24) is 0 Å². The first-order chi connectivity index (χ1) is 14.2. The van der Waals surface area contributed by atoms with Gasteiger partial charge in [-0.15, -0.1) is 0 Å². The summed E-state index contributed by atoms with van der Waals surface area (Å²) in [4.78, 5) is 23.4. The zero-order valence-corrected chi connectivity index (χ0v) is 18.4. The van der Waals surface area contributed by atoms with Gasteiger partial charge in [-0.1, -0.05) is 28.1 Å². The molecule has 156 valence electrons. The van der Waals surface area contributed by atoms with E-state index in [-0.39, 0.29) is 11.3 Å².